The van der Waals surface area contributed by atoms with Crippen molar-refractivity contribution in [3.05, 3.63) is 59.7 Å². The fourth-order valence-electron chi connectivity index (χ4n) is 4.75. The van der Waals surface area contributed by atoms with E-state index in [1.165, 1.54) is 5.56 Å². The molecule has 5 heteroatoms. The van der Waals surface area contributed by atoms with E-state index < -0.39 is 0 Å². The Morgan fingerprint density at radius 3 is 2.60 bits per heavy atom. The Balaban J connectivity index is 1.28. The summed E-state index contributed by atoms with van der Waals surface area (Å²) < 4.78 is 5.38. The fourth-order valence-corrected chi connectivity index (χ4v) is 4.75. The maximum Gasteiger partial charge on any atom is 0.321 e. The summed E-state index contributed by atoms with van der Waals surface area (Å²) >= 11 is 0. The molecule has 1 aliphatic carbocycles. The summed E-state index contributed by atoms with van der Waals surface area (Å²) in [5, 5.41) is 3.05. The van der Waals surface area contributed by atoms with Gasteiger partial charge in [0.15, 0.2) is 0 Å². The minimum absolute atomic E-state index is 0.00526. The number of para-hydroxylation sites is 2. The Hall–Kier alpha value is -2.82. The van der Waals surface area contributed by atoms with Crippen molar-refractivity contribution in [2.75, 3.05) is 25.5 Å². The lowest BCUT2D eigenvalue weighted by molar-refractivity contribution is -0.123. The van der Waals surface area contributed by atoms with E-state index >= 15 is 0 Å². The number of hydrogen-bond donors (Lipinski definition) is 1. The maximum atomic E-state index is 12.8. The van der Waals surface area contributed by atoms with Crippen LogP contribution in [0.5, 0.6) is 5.75 Å². The quantitative estimate of drug-likeness (QED) is 0.756. The van der Waals surface area contributed by atoms with Crippen molar-refractivity contribution in [1.82, 2.24) is 4.90 Å². The number of amides is 2. The molecule has 2 aromatic carbocycles. The zero-order chi connectivity index (χ0) is 20.9. The van der Waals surface area contributed by atoms with Gasteiger partial charge in [-0.2, -0.15) is 0 Å². The second-order valence-electron chi connectivity index (χ2n) is 8.46. The molecule has 1 saturated carbocycles. The fraction of sp³-hybridized carbons (Fsp3) is 0.440. The Morgan fingerprint density at radius 2 is 1.80 bits per heavy atom. The molecule has 0 bridgehead atoms. The van der Waals surface area contributed by atoms with Gasteiger partial charge < -0.3 is 15.0 Å². The molecule has 1 N–H and O–H groups in total. The van der Waals surface area contributed by atoms with Crippen LogP contribution in [-0.2, 0) is 17.6 Å². The summed E-state index contributed by atoms with van der Waals surface area (Å²) in [7, 11) is 1.64. The number of carbonyl (C=O) groups excluding carboxylic acids is 2. The summed E-state index contributed by atoms with van der Waals surface area (Å²) in [6, 6.07) is 15.8. The Labute approximate surface area is 178 Å². The van der Waals surface area contributed by atoms with Crippen molar-refractivity contribution >= 4 is 17.5 Å². The van der Waals surface area contributed by atoms with Gasteiger partial charge in [-0.25, -0.2) is 4.79 Å². The molecular weight excluding hydrogens is 376 g/mol. The number of urea groups is 1. The average Bonchev–Trinajstić information content (AvgIpc) is 2.93. The van der Waals surface area contributed by atoms with Crippen LogP contribution in [0.25, 0.3) is 0 Å². The summed E-state index contributed by atoms with van der Waals surface area (Å²) in [5.41, 5.74) is 3.09. The summed E-state index contributed by atoms with van der Waals surface area (Å²) in [6.07, 6.45) is 5.13. The van der Waals surface area contributed by atoms with Crippen molar-refractivity contribution in [3.8, 4) is 5.75 Å². The van der Waals surface area contributed by atoms with Gasteiger partial charge in [0, 0.05) is 36.7 Å². The van der Waals surface area contributed by atoms with E-state index in [9.17, 15) is 9.59 Å². The van der Waals surface area contributed by atoms with Crippen LogP contribution in [0.2, 0.25) is 0 Å². The first-order valence-electron chi connectivity index (χ1n) is 10.9. The van der Waals surface area contributed by atoms with E-state index in [1.807, 2.05) is 47.4 Å². The lowest BCUT2D eigenvalue weighted by Crippen LogP contribution is -2.39. The molecule has 1 aliphatic heterocycles. The number of ketones is 1. The summed E-state index contributed by atoms with van der Waals surface area (Å²) in [6.45, 7) is 1.52. The van der Waals surface area contributed by atoms with Crippen LogP contribution >= 0.6 is 0 Å². The van der Waals surface area contributed by atoms with E-state index in [2.05, 4.69) is 11.4 Å². The summed E-state index contributed by atoms with van der Waals surface area (Å²) in [4.78, 5) is 27.4. The molecule has 2 amide bonds. The Kier molecular flexibility index (Phi) is 6.36. The van der Waals surface area contributed by atoms with Crippen LogP contribution in [0.1, 0.15) is 36.8 Å². The van der Waals surface area contributed by atoms with Gasteiger partial charge in [-0.1, -0.05) is 36.4 Å². The second-order valence-corrected chi connectivity index (χ2v) is 8.46. The van der Waals surface area contributed by atoms with E-state index in [-0.39, 0.29) is 11.9 Å². The Morgan fingerprint density at radius 1 is 1.07 bits per heavy atom. The maximum absolute atomic E-state index is 12.8. The lowest BCUT2D eigenvalue weighted by atomic mass is 9.78. The molecule has 30 heavy (non-hydrogen) atoms. The number of nitrogens with one attached hydrogen (secondary N) is 1. The number of methoxy groups -OCH3 is 1. The third-order valence-electron chi connectivity index (χ3n) is 6.54. The highest BCUT2D eigenvalue weighted by molar-refractivity contribution is 5.91. The number of benzene rings is 2. The van der Waals surface area contributed by atoms with Crippen LogP contribution in [0.15, 0.2) is 48.5 Å². The SMILES string of the molecule is COc1ccccc1CC(=O)C1CCC(CN2CCc3ccccc3NC2=O)CC1. The predicted molar refractivity (Wildman–Crippen MR) is 118 cm³/mol. The highest BCUT2D eigenvalue weighted by Crippen LogP contribution is 2.32. The highest BCUT2D eigenvalue weighted by Gasteiger charge is 2.29. The average molecular weight is 407 g/mol. The molecule has 4 rings (SSSR count). The van der Waals surface area contributed by atoms with Crippen LogP contribution in [-0.4, -0.2) is 36.9 Å². The number of anilines is 1. The van der Waals surface area contributed by atoms with Gasteiger partial charge in [0.1, 0.15) is 11.5 Å². The third kappa shape index (κ3) is 4.66. The largest absolute Gasteiger partial charge is 0.496 e. The molecule has 2 aliphatic rings. The first-order valence-corrected chi connectivity index (χ1v) is 10.9. The lowest BCUT2D eigenvalue weighted by Gasteiger charge is -2.31. The topological polar surface area (TPSA) is 58.6 Å². The molecule has 5 nitrogen and oxygen atoms in total. The molecule has 0 unspecified atom stereocenters. The highest BCUT2D eigenvalue weighted by atomic mass is 16.5. The van der Waals surface area contributed by atoms with Gasteiger partial charge in [0.2, 0.25) is 0 Å². The van der Waals surface area contributed by atoms with Crippen molar-refractivity contribution in [2.24, 2.45) is 11.8 Å². The number of hydrogen-bond acceptors (Lipinski definition) is 3. The molecule has 0 saturated heterocycles. The van der Waals surface area contributed by atoms with E-state index in [0.29, 0.717) is 18.1 Å². The number of nitrogens with zero attached hydrogens (tertiary/aromatic N) is 1. The normalized spacial score (nSPS) is 21.4. The van der Waals surface area contributed by atoms with Gasteiger partial charge in [0.05, 0.1) is 7.11 Å². The van der Waals surface area contributed by atoms with E-state index in [4.69, 9.17) is 4.74 Å². The van der Waals surface area contributed by atoms with Crippen LogP contribution in [0.4, 0.5) is 10.5 Å². The molecule has 0 radical (unpaired) electrons. The first-order chi connectivity index (χ1) is 14.6. The Bertz CT molecular complexity index is 903. The number of Topliss-reactive ketones (excluding diaryl/α,β-unsaturated/α-hetero) is 1. The predicted octanol–water partition coefficient (Wildman–Crippen LogP) is 4.70. The van der Waals surface area contributed by atoms with Crippen LogP contribution in [0, 0.1) is 11.8 Å². The molecule has 1 heterocycles. The monoisotopic (exact) mass is 406 g/mol. The van der Waals surface area contributed by atoms with E-state index in [1.54, 1.807) is 7.11 Å². The zero-order valence-corrected chi connectivity index (χ0v) is 17.6. The summed E-state index contributed by atoms with van der Waals surface area (Å²) in [5.74, 6) is 1.68. The van der Waals surface area contributed by atoms with Crippen molar-refractivity contribution in [3.63, 3.8) is 0 Å². The number of ether oxygens (including phenoxy) is 1. The molecule has 158 valence electrons. The van der Waals surface area contributed by atoms with Gasteiger partial charge in [0.25, 0.3) is 0 Å². The minimum atomic E-state index is -0.00526. The van der Waals surface area contributed by atoms with Gasteiger partial charge in [-0.3, -0.25) is 4.79 Å². The van der Waals surface area contributed by atoms with Crippen molar-refractivity contribution in [1.29, 1.82) is 0 Å². The molecule has 2 aromatic rings. The first kappa shape index (κ1) is 20.5. The molecule has 1 fully saturated rings. The second kappa shape index (κ2) is 9.33. The molecule has 0 aromatic heterocycles. The third-order valence-corrected chi connectivity index (χ3v) is 6.54. The van der Waals surface area contributed by atoms with E-state index in [0.717, 1.165) is 62.2 Å². The minimum Gasteiger partial charge on any atom is -0.496 e. The smallest absolute Gasteiger partial charge is 0.321 e. The van der Waals surface area contributed by atoms with Crippen LogP contribution < -0.4 is 10.1 Å². The van der Waals surface area contributed by atoms with Gasteiger partial charge in [-0.05, 0) is 55.7 Å². The number of rotatable bonds is 6. The van der Waals surface area contributed by atoms with Gasteiger partial charge in [-0.15, -0.1) is 0 Å². The standard InChI is InChI=1S/C25H30N2O3/c1-30-24-9-5-3-7-21(24)16-23(28)20-12-10-18(11-13-20)17-27-15-14-19-6-2-4-8-22(19)26-25(27)29/h2-9,18,20H,10-17H2,1H3,(H,26,29). The van der Waals surface area contributed by atoms with Gasteiger partial charge >= 0.3 is 6.03 Å². The molecular formula is C25H30N2O3. The van der Waals surface area contributed by atoms with Crippen molar-refractivity contribution in [2.45, 2.75) is 38.5 Å². The number of carbonyl (C=O) groups is 2. The van der Waals surface area contributed by atoms with Crippen molar-refractivity contribution < 1.29 is 14.3 Å². The number of fused-ring (bicyclic) bond motifs is 1. The van der Waals surface area contributed by atoms with Crippen LogP contribution in [0.3, 0.4) is 0 Å². The molecule has 0 atom stereocenters. The zero-order valence-electron chi connectivity index (χ0n) is 17.6. The molecule has 0 spiro atoms.